The largest absolute Gasteiger partial charge is 0.461 e. The lowest BCUT2D eigenvalue weighted by Gasteiger charge is -2.23. The third kappa shape index (κ3) is 2.72. The van der Waals surface area contributed by atoms with Gasteiger partial charge in [-0.15, -0.1) is 0 Å². The van der Waals surface area contributed by atoms with Crippen LogP contribution in [0, 0.1) is 6.92 Å². The highest BCUT2D eigenvalue weighted by molar-refractivity contribution is 5.77. The van der Waals surface area contributed by atoms with E-state index in [1.54, 1.807) is 0 Å². The van der Waals surface area contributed by atoms with E-state index in [1.165, 1.54) is 0 Å². The number of nitrogens with zero attached hydrogens (tertiary/aromatic N) is 2. The first-order chi connectivity index (χ1) is 8.47. The molecule has 1 N–H and O–H groups in total. The highest BCUT2D eigenvalue weighted by Gasteiger charge is 2.33. The first-order valence-electron chi connectivity index (χ1n) is 6.44. The fourth-order valence-electron chi connectivity index (χ4n) is 2.23. The first kappa shape index (κ1) is 13.1. The Labute approximate surface area is 108 Å². The number of aromatic nitrogens is 2. The number of aryl methyl sites for hydroxylation is 1. The molecule has 0 spiro atoms. The highest BCUT2D eigenvalue weighted by atomic mass is 16.6. The van der Waals surface area contributed by atoms with Crippen LogP contribution in [-0.4, -0.2) is 33.9 Å². The number of hydrogen-bond acceptors (Lipinski definition) is 4. The predicted molar refractivity (Wildman–Crippen MR) is 68.2 cm³/mol. The van der Waals surface area contributed by atoms with Crippen LogP contribution in [0.25, 0.3) is 0 Å². The number of esters is 1. The Bertz CT molecular complexity index is 430. The topological polar surface area (TPSA) is 56.1 Å². The maximum Gasteiger partial charge on any atom is 0.323 e. The second kappa shape index (κ2) is 5.10. The van der Waals surface area contributed by atoms with Crippen molar-refractivity contribution in [1.29, 1.82) is 0 Å². The van der Waals surface area contributed by atoms with Gasteiger partial charge in [0.1, 0.15) is 12.1 Å². The fourth-order valence-corrected chi connectivity index (χ4v) is 2.23. The summed E-state index contributed by atoms with van der Waals surface area (Å²) in [6, 6.07) is 0.170. The molecule has 5 nitrogen and oxygen atoms in total. The molecule has 1 saturated heterocycles. The molecule has 18 heavy (non-hydrogen) atoms. The lowest BCUT2D eigenvalue weighted by Crippen LogP contribution is -2.43. The third-order valence-corrected chi connectivity index (χ3v) is 3.51. The number of carbonyl (C=O) groups excluding carboxylic acids is 1. The Morgan fingerprint density at radius 2 is 2.28 bits per heavy atom. The van der Waals surface area contributed by atoms with Gasteiger partial charge in [0.15, 0.2) is 0 Å². The van der Waals surface area contributed by atoms with Crippen molar-refractivity contribution in [3.8, 4) is 0 Å². The Balaban J connectivity index is 1.95. The van der Waals surface area contributed by atoms with E-state index in [-0.39, 0.29) is 30.2 Å². The van der Waals surface area contributed by atoms with Gasteiger partial charge in [-0.3, -0.25) is 14.8 Å². The molecule has 2 heterocycles. The molecule has 1 aromatic rings. The second-order valence-electron chi connectivity index (χ2n) is 5.23. The van der Waals surface area contributed by atoms with E-state index in [4.69, 9.17) is 4.74 Å². The van der Waals surface area contributed by atoms with Crippen LogP contribution < -0.4 is 5.32 Å². The molecule has 1 aliphatic rings. The number of rotatable bonds is 4. The molecule has 5 heteroatoms. The van der Waals surface area contributed by atoms with Gasteiger partial charge in [0.2, 0.25) is 0 Å². The standard InChI is InChI=1S/C13H21N3O2/c1-8-6-14-16(7-8)11(4)10(3)15-12-5-9(2)18-13(12)17/h6-7,9-12,15H,5H2,1-4H3/t9-,10-,11+,12-/m0/s1. The number of cyclic esters (lactones) is 1. The summed E-state index contributed by atoms with van der Waals surface area (Å²) in [6.07, 6.45) is 4.62. The maximum atomic E-state index is 11.6. The molecule has 1 fully saturated rings. The minimum absolute atomic E-state index is 0.0180. The molecule has 0 aliphatic carbocycles. The van der Waals surface area contributed by atoms with E-state index in [0.717, 1.165) is 12.0 Å². The predicted octanol–water partition coefficient (Wildman–Crippen LogP) is 1.43. The van der Waals surface area contributed by atoms with Gasteiger partial charge >= 0.3 is 5.97 Å². The van der Waals surface area contributed by atoms with E-state index in [2.05, 4.69) is 24.3 Å². The Morgan fingerprint density at radius 3 is 2.78 bits per heavy atom. The molecular formula is C13H21N3O2. The molecule has 0 radical (unpaired) electrons. The average molecular weight is 251 g/mol. The monoisotopic (exact) mass is 251 g/mol. The minimum atomic E-state index is -0.186. The zero-order chi connectivity index (χ0) is 13.3. The quantitative estimate of drug-likeness (QED) is 0.823. The zero-order valence-electron chi connectivity index (χ0n) is 11.4. The number of carbonyl (C=O) groups is 1. The summed E-state index contributed by atoms with van der Waals surface area (Å²) in [5.74, 6) is -0.141. The maximum absolute atomic E-state index is 11.6. The van der Waals surface area contributed by atoms with Crippen molar-refractivity contribution < 1.29 is 9.53 Å². The first-order valence-corrected chi connectivity index (χ1v) is 6.44. The summed E-state index contributed by atoms with van der Waals surface area (Å²) < 4.78 is 7.07. The third-order valence-electron chi connectivity index (χ3n) is 3.51. The Hall–Kier alpha value is -1.36. The van der Waals surface area contributed by atoms with Crippen LogP contribution in [0.15, 0.2) is 12.4 Å². The summed E-state index contributed by atoms with van der Waals surface area (Å²) in [5, 5.41) is 7.64. The fraction of sp³-hybridized carbons (Fsp3) is 0.692. The molecule has 0 aromatic carbocycles. The molecule has 0 amide bonds. The van der Waals surface area contributed by atoms with Crippen molar-refractivity contribution in [3.05, 3.63) is 18.0 Å². The smallest absolute Gasteiger partial charge is 0.323 e. The van der Waals surface area contributed by atoms with Gasteiger partial charge in [0.05, 0.1) is 12.2 Å². The normalized spacial score (nSPS) is 27.0. The summed E-state index contributed by atoms with van der Waals surface area (Å²) in [7, 11) is 0. The van der Waals surface area contributed by atoms with Crippen molar-refractivity contribution in [2.24, 2.45) is 0 Å². The van der Waals surface area contributed by atoms with Crippen LogP contribution in [0.2, 0.25) is 0 Å². The number of hydrogen-bond donors (Lipinski definition) is 1. The van der Waals surface area contributed by atoms with Crippen LogP contribution in [-0.2, 0) is 9.53 Å². The molecule has 0 bridgehead atoms. The molecule has 2 rings (SSSR count). The van der Waals surface area contributed by atoms with Crippen LogP contribution in [0.3, 0.4) is 0 Å². The van der Waals surface area contributed by atoms with E-state index in [9.17, 15) is 4.79 Å². The van der Waals surface area contributed by atoms with E-state index >= 15 is 0 Å². The van der Waals surface area contributed by atoms with Gasteiger partial charge in [0, 0.05) is 18.7 Å². The van der Waals surface area contributed by atoms with Crippen molar-refractivity contribution in [2.75, 3.05) is 0 Å². The van der Waals surface area contributed by atoms with Crippen LogP contribution in [0.5, 0.6) is 0 Å². The molecule has 4 atom stereocenters. The second-order valence-corrected chi connectivity index (χ2v) is 5.23. The SMILES string of the molecule is Cc1cnn([C@H](C)[C@H](C)N[C@H]2C[C@H](C)OC2=O)c1. The molecule has 1 aliphatic heterocycles. The van der Waals surface area contributed by atoms with Gasteiger partial charge in [-0.05, 0) is 33.3 Å². The van der Waals surface area contributed by atoms with Gasteiger partial charge < -0.3 is 4.74 Å². The zero-order valence-corrected chi connectivity index (χ0v) is 11.4. The van der Waals surface area contributed by atoms with E-state index in [1.807, 2.05) is 30.9 Å². The lowest BCUT2D eigenvalue weighted by atomic mass is 10.1. The average Bonchev–Trinajstić information content (AvgIpc) is 2.85. The van der Waals surface area contributed by atoms with Gasteiger partial charge in [-0.25, -0.2) is 0 Å². The summed E-state index contributed by atoms with van der Waals surface area (Å²) in [4.78, 5) is 11.6. The lowest BCUT2D eigenvalue weighted by molar-refractivity contribution is -0.142. The van der Waals surface area contributed by atoms with Crippen molar-refractivity contribution in [3.63, 3.8) is 0 Å². The summed E-state index contributed by atoms with van der Waals surface area (Å²) >= 11 is 0. The summed E-state index contributed by atoms with van der Waals surface area (Å²) in [6.45, 7) is 8.10. The minimum Gasteiger partial charge on any atom is -0.461 e. The Kier molecular flexibility index (Phi) is 3.71. The Morgan fingerprint density at radius 1 is 1.56 bits per heavy atom. The van der Waals surface area contributed by atoms with Crippen LogP contribution in [0.1, 0.15) is 38.8 Å². The molecular weight excluding hydrogens is 230 g/mol. The highest BCUT2D eigenvalue weighted by Crippen LogP contribution is 2.17. The van der Waals surface area contributed by atoms with Gasteiger partial charge in [0.25, 0.3) is 0 Å². The van der Waals surface area contributed by atoms with Crippen molar-refractivity contribution in [1.82, 2.24) is 15.1 Å². The summed E-state index contributed by atoms with van der Waals surface area (Å²) in [5.41, 5.74) is 1.14. The van der Waals surface area contributed by atoms with Crippen LogP contribution >= 0.6 is 0 Å². The number of ether oxygens (including phenoxy) is 1. The molecule has 100 valence electrons. The molecule has 1 aromatic heterocycles. The van der Waals surface area contributed by atoms with Gasteiger partial charge in [-0.2, -0.15) is 5.10 Å². The molecule has 0 unspecified atom stereocenters. The number of nitrogens with one attached hydrogen (secondary N) is 1. The van der Waals surface area contributed by atoms with E-state index < -0.39 is 0 Å². The van der Waals surface area contributed by atoms with E-state index in [0.29, 0.717) is 0 Å². The van der Waals surface area contributed by atoms with Crippen molar-refractivity contribution in [2.45, 2.75) is 58.3 Å². The molecule has 0 saturated carbocycles. The van der Waals surface area contributed by atoms with Crippen LogP contribution in [0.4, 0.5) is 0 Å². The van der Waals surface area contributed by atoms with Crippen molar-refractivity contribution >= 4 is 5.97 Å². The van der Waals surface area contributed by atoms with Gasteiger partial charge in [-0.1, -0.05) is 0 Å².